The number of aromatic nitrogens is 1. The van der Waals surface area contributed by atoms with Crippen LogP contribution in [0.2, 0.25) is 0 Å². The molecule has 0 saturated carbocycles. The molecule has 1 atom stereocenters. The first-order valence-electron chi connectivity index (χ1n) is 7.29. The lowest BCUT2D eigenvalue weighted by molar-refractivity contribution is -0.124. The van der Waals surface area contributed by atoms with E-state index in [0.29, 0.717) is 6.54 Å². The molecule has 0 spiro atoms. The highest BCUT2D eigenvalue weighted by molar-refractivity contribution is 7.09. The number of hydrogen-bond acceptors (Lipinski definition) is 4. The molecular formula is C17H23N3OS. The maximum absolute atomic E-state index is 12.0. The average molecular weight is 317 g/mol. The second-order valence-electron chi connectivity index (χ2n) is 6.59. The molecule has 5 heteroatoms. The van der Waals surface area contributed by atoms with Crippen LogP contribution in [0.3, 0.4) is 0 Å². The van der Waals surface area contributed by atoms with Gasteiger partial charge in [0, 0.05) is 17.3 Å². The van der Waals surface area contributed by atoms with E-state index < -0.39 is 11.4 Å². The minimum atomic E-state index is -0.908. The molecule has 1 heterocycles. The van der Waals surface area contributed by atoms with Gasteiger partial charge >= 0.3 is 0 Å². The Bertz CT molecular complexity index is 645. The topological polar surface area (TPSA) is 68.0 Å². The fourth-order valence-corrected chi connectivity index (χ4v) is 3.05. The molecule has 0 radical (unpaired) electrons. The largest absolute Gasteiger partial charge is 0.368 e. The predicted octanol–water partition coefficient (Wildman–Crippen LogP) is 2.93. The highest BCUT2D eigenvalue weighted by Crippen LogP contribution is 2.25. The fourth-order valence-electron chi connectivity index (χ4n) is 2.09. The molecule has 0 unspecified atom stereocenters. The number of primary amides is 1. The summed E-state index contributed by atoms with van der Waals surface area (Å²) in [6.45, 7) is 8.72. The van der Waals surface area contributed by atoms with Gasteiger partial charge in [0.1, 0.15) is 10.5 Å². The van der Waals surface area contributed by atoms with Gasteiger partial charge < -0.3 is 5.73 Å². The first kappa shape index (κ1) is 16.6. The Morgan fingerprint density at radius 1 is 1.23 bits per heavy atom. The van der Waals surface area contributed by atoms with Crippen LogP contribution in [0.1, 0.15) is 44.0 Å². The van der Waals surface area contributed by atoms with Crippen molar-refractivity contribution in [3.8, 4) is 0 Å². The van der Waals surface area contributed by atoms with E-state index in [1.165, 1.54) is 0 Å². The molecule has 1 aromatic heterocycles. The standard InChI is InChI=1S/C17H23N3OS/c1-16(2,3)13-11-22-14(20-13)10-19-17(4,15(18)21)12-8-6-5-7-9-12/h5-9,11,19H,10H2,1-4H3,(H2,18,21)/t17-/m1/s1. The van der Waals surface area contributed by atoms with Crippen molar-refractivity contribution in [1.29, 1.82) is 0 Å². The second-order valence-corrected chi connectivity index (χ2v) is 7.53. The van der Waals surface area contributed by atoms with E-state index in [2.05, 4.69) is 36.5 Å². The molecule has 0 fully saturated rings. The molecule has 0 aliphatic carbocycles. The Morgan fingerprint density at radius 3 is 2.36 bits per heavy atom. The first-order chi connectivity index (χ1) is 10.2. The number of carbonyl (C=O) groups excluding carboxylic acids is 1. The van der Waals surface area contributed by atoms with Gasteiger partial charge in [-0.3, -0.25) is 10.1 Å². The molecule has 0 saturated heterocycles. The van der Waals surface area contributed by atoms with Crippen LogP contribution in [0, 0.1) is 0 Å². The molecule has 118 valence electrons. The minimum Gasteiger partial charge on any atom is -0.368 e. The third-order valence-electron chi connectivity index (χ3n) is 3.76. The van der Waals surface area contributed by atoms with E-state index in [-0.39, 0.29) is 5.41 Å². The zero-order valence-electron chi connectivity index (χ0n) is 13.5. The van der Waals surface area contributed by atoms with Crippen LogP contribution >= 0.6 is 11.3 Å². The molecule has 2 aromatic rings. The maximum Gasteiger partial charge on any atom is 0.242 e. The number of benzene rings is 1. The highest BCUT2D eigenvalue weighted by atomic mass is 32.1. The van der Waals surface area contributed by atoms with Gasteiger partial charge in [-0.15, -0.1) is 11.3 Å². The number of thiazole rings is 1. The smallest absolute Gasteiger partial charge is 0.242 e. The number of nitrogens with zero attached hydrogens (tertiary/aromatic N) is 1. The van der Waals surface area contributed by atoms with Crippen molar-refractivity contribution >= 4 is 17.2 Å². The van der Waals surface area contributed by atoms with Gasteiger partial charge in [-0.25, -0.2) is 4.98 Å². The zero-order chi connectivity index (χ0) is 16.4. The summed E-state index contributed by atoms with van der Waals surface area (Å²) in [6.07, 6.45) is 0. The quantitative estimate of drug-likeness (QED) is 0.891. The van der Waals surface area contributed by atoms with Crippen LogP contribution in [0.15, 0.2) is 35.7 Å². The average Bonchev–Trinajstić information content (AvgIpc) is 2.94. The van der Waals surface area contributed by atoms with Crippen LogP contribution in [0.4, 0.5) is 0 Å². The van der Waals surface area contributed by atoms with Gasteiger partial charge in [0.15, 0.2) is 0 Å². The number of nitrogens with one attached hydrogen (secondary N) is 1. The normalized spacial score (nSPS) is 14.5. The van der Waals surface area contributed by atoms with Crippen molar-refractivity contribution < 1.29 is 4.79 Å². The van der Waals surface area contributed by atoms with E-state index in [4.69, 9.17) is 5.73 Å². The van der Waals surface area contributed by atoms with Crippen molar-refractivity contribution in [2.75, 3.05) is 0 Å². The SMILES string of the molecule is CC(C)(C)c1csc(CN[C@@](C)(C(N)=O)c2ccccc2)n1. The van der Waals surface area contributed by atoms with Gasteiger partial charge in [-0.2, -0.15) is 0 Å². The van der Waals surface area contributed by atoms with E-state index >= 15 is 0 Å². The summed E-state index contributed by atoms with van der Waals surface area (Å²) in [6, 6.07) is 9.53. The predicted molar refractivity (Wildman–Crippen MR) is 90.6 cm³/mol. The number of nitrogens with two attached hydrogens (primary N) is 1. The van der Waals surface area contributed by atoms with Crippen molar-refractivity contribution in [2.24, 2.45) is 5.73 Å². The summed E-state index contributed by atoms with van der Waals surface area (Å²) in [7, 11) is 0. The molecule has 22 heavy (non-hydrogen) atoms. The first-order valence-corrected chi connectivity index (χ1v) is 8.17. The monoisotopic (exact) mass is 317 g/mol. The lowest BCUT2D eigenvalue weighted by Crippen LogP contribution is -2.50. The summed E-state index contributed by atoms with van der Waals surface area (Å²) in [5.74, 6) is -0.397. The molecule has 1 aromatic carbocycles. The molecule has 4 nitrogen and oxygen atoms in total. The third-order valence-corrected chi connectivity index (χ3v) is 4.61. The Hall–Kier alpha value is -1.72. The Kier molecular flexibility index (Phi) is 4.68. The summed E-state index contributed by atoms with van der Waals surface area (Å²) in [4.78, 5) is 16.6. The Labute approximate surface area is 135 Å². The van der Waals surface area contributed by atoms with Crippen molar-refractivity contribution in [3.63, 3.8) is 0 Å². The molecule has 3 N–H and O–H groups in total. The van der Waals surface area contributed by atoms with Gasteiger partial charge in [-0.05, 0) is 12.5 Å². The molecule has 0 aliphatic heterocycles. The maximum atomic E-state index is 12.0. The van der Waals surface area contributed by atoms with Crippen molar-refractivity contribution in [1.82, 2.24) is 10.3 Å². The molecule has 0 aliphatic rings. The number of carbonyl (C=O) groups is 1. The molecular weight excluding hydrogens is 294 g/mol. The second kappa shape index (κ2) is 6.18. The summed E-state index contributed by atoms with van der Waals surface area (Å²) >= 11 is 1.60. The lowest BCUT2D eigenvalue weighted by Gasteiger charge is -2.27. The molecule has 2 rings (SSSR count). The van der Waals surface area contributed by atoms with Crippen molar-refractivity contribution in [2.45, 2.75) is 45.2 Å². The summed E-state index contributed by atoms with van der Waals surface area (Å²) < 4.78 is 0. The van der Waals surface area contributed by atoms with E-state index in [1.54, 1.807) is 11.3 Å². The van der Waals surface area contributed by atoms with E-state index in [0.717, 1.165) is 16.3 Å². The van der Waals surface area contributed by atoms with Gasteiger partial charge in [0.05, 0.1) is 5.69 Å². The lowest BCUT2D eigenvalue weighted by atomic mass is 9.91. The van der Waals surface area contributed by atoms with Crippen LogP contribution in [-0.4, -0.2) is 10.9 Å². The summed E-state index contributed by atoms with van der Waals surface area (Å²) in [5, 5.41) is 6.29. The van der Waals surface area contributed by atoms with Crippen LogP contribution in [0.5, 0.6) is 0 Å². The number of amides is 1. The van der Waals surface area contributed by atoms with Crippen LogP contribution < -0.4 is 11.1 Å². The zero-order valence-corrected chi connectivity index (χ0v) is 14.3. The van der Waals surface area contributed by atoms with Gasteiger partial charge in [-0.1, -0.05) is 51.1 Å². The molecule has 1 amide bonds. The van der Waals surface area contributed by atoms with Gasteiger partial charge in [0.2, 0.25) is 5.91 Å². The Morgan fingerprint density at radius 2 is 1.86 bits per heavy atom. The fraction of sp³-hybridized carbons (Fsp3) is 0.412. The van der Waals surface area contributed by atoms with E-state index in [9.17, 15) is 4.79 Å². The van der Waals surface area contributed by atoms with E-state index in [1.807, 2.05) is 37.3 Å². The van der Waals surface area contributed by atoms with Crippen LogP contribution in [0.25, 0.3) is 0 Å². The Balaban J connectivity index is 2.17. The third kappa shape index (κ3) is 3.54. The number of rotatable bonds is 5. The number of hydrogen-bond donors (Lipinski definition) is 2. The van der Waals surface area contributed by atoms with Gasteiger partial charge in [0.25, 0.3) is 0 Å². The molecule has 0 bridgehead atoms. The van der Waals surface area contributed by atoms with Crippen LogP contribution in [-0.2, 0) is 22.3 Å². The summed E-state index contributed by atoms with van der Waals surface area (Å²) in [5.41, 5.74) is 6.67. The minimum absolute atomic E-state index is 0.0289. The van der Waals surface area contributed by atoms with Crippen molar-refractivity contribution in [3.05, 3.63) is 52.0 Å². The highest BCUT2D eigenvalue weighted by Gasteiger charge is 2.32.